The monoisotopic (exact) mass is 356 g/mol. The third-order valence-corrected chi connectivity index (χ3v) is 4.36. The van der Waals surface area contributed by atoms with E-state index in [0.717, 1.165) is 24.3 Å². The van der Waals surface area contributed by atoms with E-state index in [1.165, 1.54) is 23.7 Å². The molecule has 0 fully saturated rings. The van der Waals surface area contributed by atoms with Gasteiger partial charge in [-0.2, -0.15) is 13.2 Å². The van der Waals surface area contributed by atoms with Crippen molar-refractivity contribution < 1.29 is 22.0 Å². The van der Waals surface area contributed by atoms with Gasteiger partial charge in [0.05, 0.1) is 22.5 Å². The third-order valence-electron chi connectivity index (χ3n) is 3.15. The molecule has 124 valence electrons. The first-order valence-corrected chi connectivity index (χ1v) is 7.96. The van der Waals surface area contributed by atoms with Crippen LogP contribution < -0.4 is 0 Å². The van der Waals surface area contributed by atoms with Crippen molar-refractivity contribution in [3.63, 3.8) is 0 Å². The van der Waals surface area contributed by atoms with E-state index in [-0.39, 0.29) is 0 Å². The summed E-state index contributed by atoms with van der Waals surface area (Å²) >= 11 is 0. The molecular formula is C16H9F5N2S. The first kappa shape index (κ1) is 16.5. The Morgan fingerprint density at radius 1 is 0.917 bits per heavy atom. The standard InChI is InChI=1S/C16H9F5N2S/c17-13-6-1-10(7-14(13)18)15-8-24(9-22-15)23-12-4-2-11(3-5-12)16(19,20)21/h1-9H. The molecule has 2 aromatic carbocycles. The molecule has 8 heteroatoms. The van der Waals surface area contributed by atoms with Crippen molar-refractivity contribution in [2.75, 3.05) is 0 Å². The Morgan fingerprint density at radius 3 is 2.25 bits per heavy atom. The highest BCUT2D eigenvalue weighted by atomic mass is 32.2. The van der Waals surface area contributed by atoms with Crippen molar-refractivity contribution in [3.05, 3.63) is 70.6 Å². The third kappa shape index (κ3) is 3.59. The van der Waals surface area contributed by atoms with Gasteiger partial charge in [-0.15, -0.1) is 0 Å². The van der Waals surface area contributed by atoms with E-state index in [4.69, 9.17) is 0 Å². The van der Waals surface area contributed by atoms with Gasteiger partial charge in [-0.3, -0.25) is 0 Å². The average Bonchev–Trinajstić information content (AvgIpc) is 2.98. The molecule has 1 aliphatic rings. The Bertz CT molecular complexity index is 867. The number of halogens is 5. The summed E-state index contributed by atoms with van der Waals surface area (Å²) in [6.45, 7) is 0. The highest BCUT2D eigenvalue weighted by Crippen LogP contribution is 2.31. The van der Waals surface area contributed by atoms with Crippen molar-refractivity contribution in [1.29, 1.82) is 0 Å². The second-order valence-corrected chi connectivity index (χ2v) is 6.17. The zero-order valence-electron chi connectivity index (χ0n) is 11.9. The molecule has 0 bridgehead atoms. The average molecular weight is 356 g/mol. The number of hydrogen-bond acceptors (Lipinski definition) is 2. The minimum absolute atomic E-state index is 0.376. The second-order valence-electron chi connectivity index (χ2n) is 4.85. The summed E-state index contributed by atoms with van der Waals surface area (Å²) in [7, 11) is -0.775. The molecule has 3 rings (SSSR count). The molecule has 0 N–H and O–H groups in total. The van der Waals surface area contributed by atoms with E-state index >= 15 is 0 Å². The van der Waals surface area contributed by atoms with Crippen LogP contribution in [0.1, 0.15) is 11.1 Å². The van der Waals surface area contributed by atoms with Gasteiger partial charge in [-0.25, -0.2) is 18.1 Å². The van der Waals surface area contributed by atoms with E-state index in [1.807, 2.05) is 0 Å². The second kappa shape index (κ2) is 6.27. The Balaban J connectivity index is 1.84. The van der Waals surface area contributed by atoms with E-state index in [9.17, 15) is 22.0 Å². The lowest BCUT2D eigenvalue weighted by Gasteiger charge is -2.05. The Labute approximate surface area is 136 Å². The summed E-state index contributed by atoms with van der Waals surface area (Å²) in [5.41, 5.74) is 1.98. The summed E-state index contributed by atoms with van der Waals surface area (Å²) < 4.78 is 68.0. The van der Waals surface area contributed by atoms with E-state index < -0.39 is 34.1 Å². The van der Waals surface area contributed by atoms with Gasteiger partial charge in [0, 0.05) is 11.0 Å². The van der Waals surface area contributed by atoms with Crippen molar-refractivity contribution in [2.45, 2.75) is 6.18 Å². The SMILES string of the molecule is Fc1ccc(C2=CS(=Nc3ccc(C(F)(F)F)cc3)C=N2)cc1F. The summed E-state index contributed by atoms with van der Waals surface area (Å²) in [6.07, 6.45) is -4.39. The maximum absolute atomic E-state index is 13.2. The van der Waals surface area contributed by atoms with Crippen LogP contribution in [0, 0.1) is 11.6 Å². The molecule has 0 aliphatic carbocycles. The van der Waals surface area contributed by atoms with Gasteiger partial charge in [0.2, 0.25) is 0 Å². The Kier molecular flexibility index (Phi) is 4.31. The summed E-state index contributed by atoms with van der Waals surface area (Å²) in [5, 5.41) is 1.64. The fourth-order valence-corrected chi connectivity index (χ4v) is 3.14. The molecule has 1 aliphatic heterocycles. The van der Waals surface area contributed by atoms with Crippen molar-refractivity contribution in [1.82, 2.24) is 0 Å². The van der Waals surface area contributed by atoms with E-state index in [0.29, 0.717) is 16.9 Å². The maximum Gasteiger partial charge on any atom is 0.416 e. The first-order chi connectivity index (χ1) is 11.3. The molecule has 0 saturated heterocycles. The number of rotatable bonds is 2. The van der Waals surface area contributed by atoms with Crippen molar-refractivity contribution >= 4 is 27.6 Å². The van der Waals surface area contributed by atoms with Crippen LogP contribution in [-0.2, 0) is 16.9 Å². The molecule has 1 unspecified atom stereocenters. The lowest BCUT2D eigenvalue weighted by atomic mass is 10.2. The van der Waals surface area contributed by atoms with Gasteiger partial charge in [0.25, 0.3) is 0 Å². The van der Waals surface area contributed by atoms with Crippen LogP contribution in [0.4, 0.5) is 27.6 Å². The Morgan fingerprint density at radius 2 is 1.62 bits per heavy atom. The molecule has 0 aromatic heterocycles. The van der Waals surface area contributed by atoms with Gasteiger partial charge >= 0.3 is 6.18 Å². The topological polar surface area (TPSA) is 24.7 Å². The summed E-state index contributed by atoms with van der Waals surface area (Å²) in [5.74, 6) is -1.93. The molecule has 2 aromatic rings. The lowest BCUT2D eigenvalue weighted by molar-refractivity contribution is -0.137. The smallest absolute Gasteiger partial charge is 0.247 e. The van der Waals surface area contributed by atoms with Crippen LogP contribution >= 0.6 is 0 Å². The molecule has 0 saturated carbocycles. The van der Waals surface area contributed by atoms with Crippen molar-refractivity contribution in [3.8, 4) is 0 Å². The van der Waals surface area contributed by atoms with Gasteiger partial charge in [-0.05, 0) is 53.2 Å². The summed E-state index contributed by atoms with van der Waals surface area (Å²) in [4.78, 5) is 4.10. The van der Waals surface area contributed by atoms with Crippen molar-refractivity contribution in [2.24, 2.45) is 9.36 Å². The molecule has 1 atom stereocenters. The van der Waals surface area contributed by atoms with E-state index in [1.54, 1.807) is 5.41 Å². The fraction of sp³-hybridized carbons (Fsp3) is 0.0625. The fourth-order valence-electron chi connectivity index (χ4n) is 1.97. The van der Waals surface area contributed by atoms with Gasteiger partial charge in [-0.1, -0.05) is 0 Å². The maximum atomic E-state index is 13.2. The van der Waals surface area contributed by atoms with Crippen LogP contribution in [0.3, 0.4) is 0 Å². The number of alkyl halides is 3. The molecule has 0 amide bonds. The predicted molar refractivity (Wildman–Crippen MR) is 83.7 cm³/mol. The first-order valence-electron chi connectivity index (χ1n) is 6.65. The minimum atomic E-state index is -4.39. The lowest BCUT2D eigenvalue weighted by Crippen LogP contribution is -2.03. The molecule has 0 spiro atoms. The van der Waals surface area contributed by atoms with Crippen LogP contribution in [0.25, 0.3) is 5.70 Å². The normalized spacial score (nSPS) is 17.4. The van der Waals surface area contributed by atoms with Gasteiger partial charge in [0.1, 0.15) is 0 Å². The van der Waals surface area contributed by atoms with Crippen LogP contribution in [0.2, 0.25) is 0 Å². The van der Waals surface area contributed by atoms with Crippen LogP contribution in [-0.4, -0.2) is 5.55 Å². The highest BCUT2D eigenvalue weighted by Gasteiger charge is 2.29. The molecular weight excluding hydrogens is 347 g/mol. The minimum Gasteiger partial charge on any atom is -0.247 e. The molecule has 2 nitrogen and oxygen atoms in total. The number of hydrogen-bond donors (Lipinski definition) is 0. The molecule has 24 heavy (non-hydrogen) atoms. The highest BCUT2D eigenvalue weighted by molar-refractivity contribution is 8.03. The number of aliphatic imine (C=N–C) groups is 1. The number of nitrogens with zero attached hydrogens (tertiary/aromatic N) is 2. The quantitative estimate of drug-likeness (QED) is 0.639. The molecule has 1 heterocycles. The van der Waals surface area contributed by atoms with Crippen LogP contribution in [0.5, 0.6) is 0 Å². The largest absolute Gasteiger partial charge is 0.416 e. The zero-order chi connectivity index (χ0) is 17.3. The molecule has 0 radical (unpaired) electrons. The van der Waals surface area contributed by atoms with E-state index in [2.05, 4.69) is 9.36 Å². The zero-order valence-corrected chi connectivity index (χ0v) is 12.7. The summed E-state index contributed by atoms with van der Waals surface area (Å²) in [6, 6.07) is 7.88. The number of benzene rings is 2. The van der Waals surface area contributed by atoms with Crippen LogP contribution in [0.15, 0.2) is 57.2 Å². The van der Waals surface area contributed by atoms with Gasteiger partial charge < -0.3 is 0 Å². The van der Waals surface area contributed by atoms with Gasteiger partial charge in [0.15, 0.2) is 11.6 Å². The Hall–Kier alpha value is -2.35. The predicted octanol–water partition coefficient (Wildman–Crippen LogP) is 5.46.